The maximum Gasteiger partial charge on any atom is 0.246 e. The van der Waals surface area contributed by atoms with Crippen molar-refractivity contribution in [3.63, 3.8) is 0 Å². The number of halogens is 1. The zero-order valence-corrected chi connectivity index (χ0v) is 32.9. The lowest BCUT2D eigenvalue weighted by Crippen LogP contribution is -2.42. The van der Waals surface area contributed by atoms with Gasteiger partial charge in [0.2, 0.25) is 11.8 Å². The Labute approximate surface area is 306 Å². The van der Waals surface area contributed by atoms with Crippen LogP contribution < -0.4 is 10.6 Å². The SMILES string of the molecule is C=CC(=O)N1CC=C(OC(=C/C(=C)OC(C)(S)[C@@H](C)CCCNC)/N=C(\C)C(=N)N=C(OC)C(C)(C)c2c(F)cccc2P)C[C@H]1CC(=C)C. The lowest BCUT2D eigenvalue weighted by atomic mass is 9.83. The second-order valence-electron chi connectivity index (χ2n) is 13.2. The summed E-state index contributed by atoms with van der Waals surface area (Å²) < 4.78 is 33.2. The zero-order valence-electron chi connectivity index (χ0n) is 30.9. The highest BCUT2D eigenvalue weighted by Gasteiger charge is 2.34. The molecule has 0 spiro atoms. The fraction of sp³-hybridized carbons (Fsp3) is 0.474. The topological polar surface area (TPSA) is 109 Å². The molecule has 1 aliphatic heterocycles. The number of nitrogens with one attached hydrogen (secondary N) is 2. The van der Waals surface area contributed by atoms with Gasteiger partial charge in [-0.1, -0.05) is 37.8 Å². The molecule has 2 N–H and O–H groups in total. The molecule has 274 valence electrons. The van der Waals surface area contributed by atoms with Crippen molar-refractivity contribution in [2.75, 3.05) is 27.2 Å². The first-order chi connectivity index (χ1) is 23.4. The second-order valence-corrected chi connectivity index (χ2v) is 14.7. The van der Waals surface area contributed by atoms with Gasteiger partial charge in [0.25, 0.3) is 0 Å². The molecular weight excluding hydrogens is 672 g/mol. The quantitative estimate of drug-likeness (QED) is 0.0148. The minimum Gasteiger partial charge on any atom is -0.483 e. The molecule has 12 heteroatoms. The smallest absolute Gasteiger partial charge is 0.246 e. The van der Waals surface area contributed by atoms with Crippen LogP contribution in [0.5, 0.6) is 0 Å². The summed E-state index contributed by atoms with van der Waals surface area (Å²) in [6.07, 6.45) is 7.48. The molecule has 0 saturated carbocycles. The largest absolute Gasteiger partial charge is 0.483 e. The van der Waals surface area contributed by atoms with E-state index in [0.29, 0.717) is 36.0 Å². The molecule has 1 heterocycles. The van der Waals surface area contributed by atoms with Crippen LogP contribution in [0, 0.1) is 17.1 Å². The standard InChI is InChI=1S/C38H55FN5O4PS/c1-12-33(45)44-20-18-29(23-28(44)21-24(2)3)47-32(22-26(5)48-38(9,50)25(4)15-14-19-41-10)42-27(6)35(40)43-36(46-11)37(7,8)34-30(39)16-13-17-31(34)49/h12-13,16-18,22,25,28,40-41,50H,1-2,5,14-15,19-21,23,49H2,3-4,6-11H3/b32-22+,40-35?,42-27+,43-36?/t25-,28+,38?/m0/s1. The highest BCUT2D eigenvalue weighted by Crippen LogP contribution is 2.33. The number of thiol groups is 1. The van der Waals surface area contributed by atoms with Crippen molar-refractivity contribution in [3.8, 4) is 0 Å². The van der Waals surface area contributed by atoms with Gasteiger partial charge in [-0.25, -0.2) is 9.38 Å². The summed E-state index contributed by atoms with van der Waals surface area (Å²) in [5.41, 5.74) is 0.496. The van der Waals surface area contributed by atoms with E-state index in [2.05, 4.69) is 51.2 Å². The minimum absolute atomic E-state index is 0.0890. The van der Waals surface area contributed by atoms with E-state index in [1.54, 1.807) is 43.9 Å². The van der Waals surface area contributed by atoms with E-state index in [1.165, 1.54) is 19.3 Å². The number of methoxy groups -OCH3 is 1. The van der Waals surface area contributed by atoms with Gasteiger partial charge in [-0.15, -0.1) is 28.4 Å². The number of ether oxygens (including phenoxy) is 3. The monoisotopic (exact) mass is 727 g/mol. The number of nitrogens with zero attached hydrogens (tertiary/aromatic N) is 3. The van der Waals surface area contributed by atoms with Crippen molar-refractivity contribution < 1.29 is 23.4 Å². The Morgan fingerprint density at radius 1 is 1.28 bits per heavy atom. The first kappa shape index (κ1) is 42.6. The Morgan fingerprint density at radius 2 is 1.96 bits per heavy atom. The maximum atomic E-state index is 15.0. The molecular formula is C38H55FN5O4PS. The molecule has 0 aromatic heterocycles. The molecule has 0 radical (unpaired) electrons. The van der Waals surface area contributed by atoms with Gasteiger partial charge in [0.15, 0.2) is 16.7 Å². The van der Waals surface area contributed by atoms with Crippen LogP contribution in [0.25, 0.3) is 0 Å². The predicted molar refractivity (Wildman–Crippen MR) is 211 cm³/mol. The lowest BCUT2D eigenvalue weighted by molar-refractivity contribution is -0.128. The lowest BCUT2D eigenvalue weighted by Gasteiger charge is -2.34. The van der Waals surface area contributed by atoms with Crippen LogP contribution in [-0.2, 0) is 24.4 Å². The van der Waals surface area contributed by atoms with Gasteiger partial charge in [0.1, 0.15) is 17.3 Å². The Kier molecular flexibility index (Phi) is 16.4. The Hall–Kier alpha value is -3.53. The number of benzene rings is 1. The summed E-state index contributed by atoms with van der Waals surface area (Å²) in [7, 11) is 5.89. The van der Waals surface area contributed by atoms with E-state index >= 15 is 0 Å². The van der Waals surface area contributed by atoms with Crippen molar-refractivity contribution in [1.82, 2.24) is 10.2 Å². The highest BCUT2D eigenvalue weighted by molar-refractivity contribution is 7.81. The Morgan fingerprint density at radius 3 is 2.54 bits per heavy atom. The predicted octanol–water partition coefficient (Wildman–Crippen LogP) is 7.39. The first-order valence-corrected chi connectivity index (χ1v) is 17.6. The van der Waals surface area contributed by atoms with Crippen LogP contribution in [0.4, 0.5) is 4.39 Å². The molecule has 0 aliphatic carbocycles. The van der Waals surface area contributed by atoms with Gasteiger partial charge in [-0.2, -0.15) is 4.99 Å². The number of carbonyl (C=O) groups is 1. The van der Waals surface area contributed by atoms with Gasteiger partial charge in [0, 0.05) is 36.6 Å². The van der Waals surface area contributed by atoms with Crippen molar-refractivity contribution >= 4 is 50.5 Å². The van der Waals surface area contributed by atoms with Gasteiger partial charge in [-0.3, -0.25) is 10.2 Å². The van der Waals surface area contributed by atoms with E-state index < -0.39 is 16.2 Å². The normalized spacial score (nSPS) is 17.7. The number of amides is 1. The van der Waals surface area contributed by atoms with Crippen molar-refractivity contribution in [3.05, 3.63) is 90.5 Å². The molecule has 1 amide bonds. The fourth-order valence-electron chi connectivity index (χ4n) is 5.58. The molecule has 9 nitrogen and oxygen atoms in total. The van der Waals surface area contributed by atoms with Crippen molar-refractivity contribution in [2.45, 2.75) is 83.6 Å². The molecule has 1 aromatic carbocycles. The minimum atomic E-state index is -1.01. The van der Waals surface area contributed by atoms with Crippen LogP contribution in [0.1, 0.15) is 72.8 Å². The van der Waals surface area contributed by atoms with Crippen LogP contribution in [0.15, 0.2) is 89.1 Å². The third-order valence-corrected chi connectivity index (χ3v) is 9.52. The van der Waals surface area contributed by atoms with Crippen molar-refractivity contribution in [1.29, 1.82) is 5.41 Å². The van der Waals surface area contributed by atoms with E-state index in [0.717, 1.165) is 25.0 Å². The number of rotatable bonds is 17. The average molecular weight is 728 g/mol. The Balaban J connectivity index is 2.52. The number of allylic oxidation sites excluding steroid dienone is 1. The van der Waals surface area contributed by atoms with E-state index in [4.69, 9.17) is 32.2 Å². The number of hydrogen-bond donors (Lipinski definition) is 3. The fourth-order valence-corrected chi connectivity index (χ4v) is 6.44. The molecule has 50 heavy (non-hydrogen) atoms. The number of hydrogen-bond acceptors (Lipinski definition) is 8. The third kappa shape index (κ3) is 12.1. The molecule has 1 aliphatic rings. The van der Waals surface area contributed by atoms with Crippen LogP contribution in [-0.4, -0.2) is 66.5 Å². The van der Waals surface area contributed by atoms with Gasteiger partial charge < -0.3 is 24.4 Å². The number of amidine groups is 1. The molecule has 0 saturated heterocycles. The maximum absolute atomic E-state index is 15.0. The summed E-state index contributed by atoms with van der Waals surface area (Å²) in [5, 5.41) is 12.6. The summed E-state index contributed by atoms with van der Waals surface area (Å²) >= 11 is 4.81. The number of aliphatic imine (C=N–C) groups is 2. The van der Waals surface area contributed by atoms with E-state index in [1.807, 2.05) is 27.0 Å². The van der Waals surface area contributed by atoms with E-state index in [9.17, 15) is 9.18 Å². The van der Waals surface area contributed by atoms with Crippen LogP contribution >= 0.6 is 21.9 Å². The van der Waals surface area contributed by atoms with Gasteiger partial charge in [0.05, 0.1) is 18.2 Å². The molecule has 0 fully saturated rings. The zero-order chi connectivity index (χ0) is 37.8. The molecule has 1 aromatic rings. The molecule has 2 unspecified atom stereocenters. The molecule has 0 bridgehead atoms. The summed E-state index contributed by atoms with van der Waals surface area (Å²) in [4.78, 5) is 22.6. The molecule has 4 atom stereocenters. The number of carbonyl (C=O) groups excluding carboxylic acids is 1. The summed E-state index contributed by atoms with van der Waals surface area (Å²) in [6, 6.07) is 4.60. The highest BCUT2D eigenvalue weighted by atomic mass is 32.1. The first-order valence-electron chi connectivity index (χ1n) is 16.6. The summed E-state index contributed by atoms with van der Waals surface area (Å²) in [5.74, 6) is 0.358. The van der Waals surface area contributed by atoms with Crippen LogP contribution in [0.3, 0.4) is 0 Å². The van der Waals surface area contributed by atoms with Crippen molar-refractivity contribution in [2.24, 2.45) is 15.9 Å². The van der Waals surface area contributed by atoms with Gasteiger partial charge >= 0.3 is 0 Å². The van der Waals surface area contributed by atoms with Gasteiger partial charge in [-0.05, 0) is 91.0 Å². The average Bonchev–Trinajstić information content (AvgIpc) is 3.02. The third-order valence-electron chi connectivity index (χ3n) is 8.50. The van der Waals surface area contributed by atoms with Crippen LogP contribution in [0.2, 0.25) is 0 Å². The molecule has 2 rings (SSSR count). The second kappa shape index (κ2) is 19.2. The summed E-state index contributed by atoms with van der Waals surface area (Å²) in [6.45, 7) is 24.0. The Bertz CT molecular complexity index is 1550. The van der Waals surface area contributed by atoms with E-state index in [-0.39, 0.29) is 47.0 Å².